The van der Waals surface area contributed by atoms with Crippen LogP contribution in [0.2, 0.25) is 10.0 Å². The molecule has 1 aromatic carbocycles. The Bertz CT molecular complexity index is 492. The van der Waals surface area contributed by atoms with Gasteiger partial charge in [0.2, 0.25) is 0 Å². The minimum absolute atomic E-state index is 0.510. The maximum absolute atomic E-state index is 11.6. The van der Waals surface area contributed by atoms with E-state index in [1.807, 2.05) is 24.0 Å². The highest BCUT2D eigenvalue weighted by molar-refractivity contribution is 6.42. The molecule has 1 atom stereocenters. The molecule has 3 nitrogen and oxygen atoms in total. The number of hydrogen-bond acceptors (Lipinski definition) is 2. The largest absolute Gasteiger partial charge is 0.480 e. The molecule has 0 spiro atoms. The van der Waals surface area contributed by atoms with Crippen molar-refractivity contribution in [1.29, 1.82) is 0 Å². The minimum Gasteiger partial charge on any atom is -0.480 e. The van der Waals surface area contributed by atoms with E-state index in [1.54, 1.807) is 6.07 Å². The second-order valence-corrected chi connectivity index (χ2v) is 5.71. The molecule has 0 saturated carbocycles. The second-order valence-electron chi connectivity index (χ2n) is 4.93. The summed E-state index contributed by atoms with van der Waals surface area (Å²) >= 11 is 12.2. The van der Waals surface area contributed by atoms with E-state index >= 15 is 0 Å². The highest BCUT2D eigenvalue weighted by Crippen LogP contribution is 2.36. The average molecular weight is 302 g/mol. The van der Waals surface area contributed by atoms with Crippen molar-refractivity contribution in [3.8, 4) is 0 Å². The molecule has 1 fully saturated rings. The van der Waals surface area contributed by atoms with Crippen LogP contribution in [0.15, 0.2) is 18.2 Å². The fourth-order valence-corrected chi connectivity index (χ4v) is 3.21. The zero-order valence-electron chi connectivity index (χ0n) is 10.8. The van der Waals surface area contributed by atoms with Crippen LogP contribution in [0.25, 0.3) is 0 Å². The predicted molar refractivity (Wildman–Crippen MR) is 76.8 cm³/mol. The van der Waals surface area contributed by atoms with Gasteiger partial charge < -0.3 is 5.11 Å². The molecule has 0 bridgehead atoms. The van der Waals surface area contributed by atoms with Gasteiger partial charge in [0.1, 0.15) is 5.54 Å². The van der Waals surface area contributed by atoms with Gasteiger partial charge in [-0.1, -0.05) is 42.3 Å². The number of benzene rings is 1. The number of nitrogens with zero attached hydrogens (tertiary/aromatic N) is 1. The summed E-state index contributed by atoms with van der Waals surface area (Å²) in [4.78, 5) is 13.6. The van der Waals surface area contributed by atoms with Crippen molar-refractivity contribution >= 4 is 29.2 Å². The number of likely N-dealkylation sites (tertiary alicyclic amines) is 1. The van der Waals surface area contributed by atoms with Crippen LogP contribution >= 0.6 is 23.2 Å². The Morgan fingerprint density at radius 2 is 2.21 bits per heavy atom. The topological polar surface area (TPSA) is 40.5 Å². The van der Waals surface area contributed by atoms with Crippen LogP contribution in [0.3, 0.4) is 0 Å². The van der Waals surface area contributed by atoms with Crippen LogP contribution in [0, 0.1) is 0 Å². The van der Waals surface area contributed by atoms with Gasteiger partial charge in [-0.15, -0.1) is 0 Å². The van der Waals surface area contributed by atoms with Crippen molar-refractivity contribution in [1.82, 2.24) is 4.90 Å². The van der Waals surface area contributed by atoms with Crippen molar-refractivity contribution in [3.05, 3.63) is 33.8 Å². The van der Waals surface area contributed by atoms with E-state index in [0.29, 0.717) is 29.4 Å². The number of carboxylic acids is 1. The van der Waals surface area contributed by atoms with Gasteiger partial charge in [0.25, 0.3) is 0 Å². The molecule has 1 aliphatic rings. The van der Waals surface area contributed by atoms with Gasteiger partial charge in [0, 0.05) is 6.54 Å². The molecule has 1 heterocycles. The lowest BCUT2D eigenvalue weighted by Crippen LogP contribution is -2.49. The quantitative estimate of drug-likeness (QED) is 0.919. The molecule has 104 valence electrons. The summed E-state index contributed by atoms with van der Waals surface area (Å²) in [6, 6.07) is 5.48. The number of hydrogen-bond donors (Lipinski definition) is 1. The fourth-order valence-electron chi connectivity index (χ4n) is 2.83. The molecule has 2 rings (SSSR count). The molecule has 0 aromatic heterocycles. The molecular weight excluding hydrogens is 285 g/mol. The molecule has 0 aliphatic carbocycles. The maximum Gasteiger partial charge on any atom is 0.324 e. The van der Waals surface area contributed by atoms with Crippen LogP contribution in [-0.2, 0) is 11.3 Å². The molecule has 5 heteroatoms. The van der Waals surface area contributed by atoms with E-state index in [2.05, 4.69) is 0 Å². The first kappa shape index (κ1) is 14.6. The Morgan fingerprint density at radius 3 is 2.84 bits per heavy atom. The van der Waals surface area contributed by atoms with Gasteiger partial charge >= 0.3 is 5.97 Å². The van der Waals surface area contributed by atoms with E-state index in [-0.39, 0.29) is 0 Å². The van der Waals surface area contributed by atoms with E-state index in [0.717, 1.165) is 18.5 Å². The van der Waals surface area contributed by atoms with Crippen LogP contribution in [0.4, 0.5) is 0 Å². The average Bonchev–Trinajstić information content (AvgIpc) is 2.79. The molecule has 1 unspecified atom stereocenters. The summed E-state index contributed by atoms with van der Waals surface area (Å²) in [6.07, 6.45) is 2.19. The lowest BCUT2D eigenvalue weighted by atomic mass is 9.92. The molecule has 1 saturated heterocycles. The monoisotopic (exact) mass is 301 g/mol. The smallest absolute Gasteiger partial charge is 0.324 e. The van der Waals surface area contributed by atoms with Crippen LogP contribution in [0.1, 0.15) is 31.7 Å². The SMILES string of the molecule is CCC1(C(=O)O)CCCN1Cc1cccc(Cl)c1Cl. The lowest BCUT2D eigenvalue weighted by molar-refractivity contribution is -0.150. The van der Waals surface area contributed by atoms with E-state index in [4.69, 9.17) is 23.2 Å². The predicted octanol–water partition coefficient (Wildman–Crippen LogP) is 3.82. The molecule has 1 aliphatic heterocycles. The molecule has 0 radical (unpaired) electrons. The Kier molecular flexibility index (Phi) is 4.39. The summed E-state index contributed by atoms with van der Waals surface area (Å²) in [5, 5.41) is 10.6. The summed E-state index contributed by atoms with van der Waals surface area (Å²) in [5.74, 6) is -0.745. The maximum atomic E-state index is 11.6. The third-order valence-electron chi connectivity index (χ3n) is 4.00. The zero-order chi connectivity index (χ0) is 14.0. The highest BCUT2D eigenvalue weighted by Gasteiger charge is 2.46. The third-order valence-corrected chi connectivity index (χ3v) is 4.86. The number of rotatable bonds is 4. The first-order valence-electron chi connectivity index (χ1n) is 6.42. The standard InChI is InChI=1S/C14H17Cl2NO2/c1-2-14(13(18)19)7-4-8-17(14)9-10-5-3-6-11(15)12(10)16/h3,5-6H,2,4,7-9H2,1H3,(H,18,19). The van der Waals surface area contributed by atoms with Crippen LogP contribution in [0.5, 0.6) is 0 Å². The van der Waals surface area contributed by atoms with Crippen LogP contribution in [-0.4, -0.2) is 28.1 Å². The summed E-state index contributed by atoms with van der Waals surface area (Å²) in [5.41, 5.74) is 0.126. The first-order valence-corrected chi connectivity index (χ1v) is 7.18. The Hall–Kier alpha value is -0.770. The van der Waals surface area contributed by atoms with Crippen molar-refractivity contribution < 1.29 is 9.90 Å². The highest BCUT2D eigenvalue weighted by atomic mass is 35.5. The minimum atomic E-state index is -0.758. The first-order chi connectivity index (χ1) is 9.01. The Balaban J connectivity index is 2.27. The fraction of sp³-hybridized carbons (Fsp3) is 0.500. The molecular formula is C14H17Cl2NO2. The number of carbonyl (C=O) groups is 1. The summed E-state index contributed by atoms with van der Waals surface area (Å²) < 4.78 is 0. The van der Waals surface area contributed by atoms with Crippen LogP contribution < -0.4 is 0 Å². The Morgan fingerprint density at radius 1 is 1.47 bits per heavy atom. The van der Waals surface area contributed by atoms with Crippen molar-refractivity contribution in [2.75, 3.05) is 6.54 Å². The Labute approximate surface area is 123 Å². The van der Waals surface area contributed by atoms with Crippen molar-refractivity contribution in [2.24, 2.45) is 0 Å². The van der Waals surface area contributed by atoms with Crippen molar-refractivity contribution in [3.63, 3.8) is 0 Å². The molecule has 1 N–H and O–H groups in total. The normalized spacial score (nSPS) is 23.7. The van der Waals surface area contributed by atoms with Gasteiger partial charge in [0.15, 0.2) is 0 Å². The van der Waals surface area contributed by atoms with E-state index < -0.39 is 11.5 Å². The molecule has 1 aromatic rings. The van der Waals surface area contributed by atoms with Gasteiger partial charge in [-0.05, 0) is 37.4 Å². The van der Waals surface area contributed by atoms with E-state index in [9.17, 15) is 9.90 Å². The third kappa shape index (κ3) is 2.60. The van der Waals surface area contributed by atoms with Gasteiger partial charge in [-0.25, -0.2) is 0 Å². The lowest BCUT2D eigenvalue weighted by Gasteiger charge is -2.34. The summed E-state index contributed by atoms with van der Waals surface area (Å²) in [6.45, 7) is 3.23. The van der Waals surface area contributed by atoms with Crippen molar-refractivity contribution in [2.45, 2.75) is 38.3 Å². The van der Waals surface area contributed by atoms with Gasteiger partial charge in [0.05, 0.1) is 10.0 Å². The molecule has 19 heavy (non-hydrogen) atoms. The number of aliphatic carboxylic acids is 1. The number of halogens is 2. The van der Waals surface area contributed by atoms with E-state index in [1.165, 1.54) is 0 Å². The zero-order valence-corrected chi connectivity index (χ0v) is 12.3. The molecule has 0 amide bonds. The van der Waals surface area contributed by atoms with Gasteiger partial charge in [-0.3, -0.25) is 9.69 Å². The van der Waals surface area contributed by atoms with Gasteiger partial charge in [-0.2, -0.15) is 0 Å². The number of carboxylic acid groups (broad SMARTS) is 1. The summed E-state index contributed by atoms with van der Waals surface area (Å²) in [7, 11) is 0. The second kappa shape index (κ2) is 5.70.